The van der Waals surface area contributed by atoms with E-state index in [1.165, 1.54) is 11.6 Å². The Hall–Kier alpha value is -4.52. The highest BCUT2D eigenvalue weighted by Gasteiger charge is 2.35. The lowest BCUT2D eigenvalue weighted by atomic mass is 9.97. The summed E-state index contributed by atoms with van der Waals surface area (Å²) >= 11 is 0. The minimum absolute atomic E-state index is 0.137. The smallest absolute Gasteiger partial charge is 0.331 e. The van der Waals surface area contributed by atoms with Gasteiger partial charge in [-0.05, 0) is 48.7 Å². The number of aryl methyl sites for hydroxylation is 3. The lowest BCUT2D eigenvalue weighted by molar-refractivity contribution is 0.465. The molecule has 0 saturated heterocycles. The van der Waals surface area contributed by atoms with Gasteiger partial charge in [0.05, 0.1) is 39.7 Å². The monoisotopic (exact) mass is 478 g/mol. The Morgan fingerprint density at radius 1 is 0.861 bits per heavy atom. The second-order valence-corrected chi connectivity index (χ2v) is 9.45. The number of phenols is 1. The molecular formula is C29H26N4O3. The SMILES string of the molecule is Cc1cc2c(cc1C)-n1c(-c3ccccc3)c3c(=O)n(C)c(=O)n(C)c3c1[C@@H](c1ccccc1O)N2. The van der Waals surface area contributed by atoms with Crippen LogP contribution in [0.4, 0.5) is 5.69 Å². The number of hydrogen-bond donors (Lipinski definition) is 2. The summed E-state index contributed by atoms with van der Waals surface area (Å²) in [4.78, 5) is 26.9. The van der Waals surface area contributed by atoms with Crippen molar-refractivity contribution < 1.29 is 5.11 Å². The molecule has 3 heterocycles. The van der Waals surface area contributed by atoms with Gasteiger partial charge in [-0.25, -0.2) is 4.79 Å². The van der Waals surface area contributed by atoms with Crippen LogP contribution in [0.5, 0.6) is 5.75 Å². The lowest BCUT2D eigenvalue weighted by Crippen LogP contribution is -2.37. The van der Waals surface area contributed by atoms with Gasteiger partial charge in [-0.2, -0.15) is 0 Å². The molecule has 0 fully saturated rings. The summed E-state index contributed by atoms with van der Waals surface area (Å²) in [6, 6.07) is 20.6. The first-order valence-electron chi connectivity index (χ1n) is 11.9. The van der Waals surface area contributed by atoms with E-state index in [2.05, 4.69) is 35.9 Å². The molecule has 3 aromatic carbocycles. The second kappa shape index (κ2) is 7.75. The number of anilines is 1. The fourth-order valence-electron chi connectivity index (χ4n) is 5.36. The van der Waals surface area contributed by atoms with Crippen molar-refractivity contribution >= 4 is 16.6 Å². The highest BCUT2D eigenvalue weighted by Crippen LogP contribution is 2.47. The fourth-order valence-corrected chi connectivity index (χ4v) is 5.36. The van der Waals surface area contributed by atoms with Crippen LogP contribution in [-0.4, -0.2) is 18.8 Å². The zero-order valence-electron chi connectivity index (χ0n) is 20.5. The number of fused-ring (bicyclic) bond motifs is 5. The number of hydrogen-bond acceptors (Lipinski definition) is 4. The summed E-state index contributed by atoms with van der Waals surface area (Å²) in [5.74, 6) is 0.137. The summed E-state index contributed by atoms with van der Waals surface area (Å²) < 4.78 is 4.79. The molecule has 7 heteroatoms. The molecule has 0 spiro atoms. The number of para-hydroxylation sites is 1. The highest BCUT2D eigenvalue weighted by molar-refractivity contribution is 5.99. The number of nitrogens with zero attached hydrogens (tertiary/aromatic N) is 3. The van der Waals surface area contributed by atoms with Gasteiger partial charge in [0.15, 0.2) is 0 Å². The zero-order valence-corrected chi connectivity index (χ0v) is 20.5. The standard InChI is InChI=1S/C29H26N4O3/c1-16-14-20-21(15-17(16)2)33-25(18-10-6-5-7-11-18)23-26(31(3)29(36)32(4)28(23)35)27(33)24(30-20)19-12-8-9-13-22(19)34/h5-15,24,30,34H,1-4H3/t24-/m1/s1. The largest absolute Gasteiger partial charge is 0.508 e. The van der Waals surface area contributed by atoms with E-state index in [9.17, 15) is 14.7 Å². The van der Waals surface area contributed by atoms with Crippen LogP contribution in [-0.2, 0) is 14.1 Å². The van der Waals surface area contributed by atoms with Crippen molar-refractivity contribution in [2.45, 2.75) is 19.9 Å². The van der Waals surface area contributed by atoms with E-state index in [0.29, 0.717) is 16.5 Å². The van der Waals surface area contributed by atoms with Gasteiger partial charge in [0.25, 0.3) is 5.56 Å². The van der Waals surface area contributed by atoms with Crippen LogP contribution in [0.1, 0.15) is 28.4 Å². The Morgan fingerprint density at radius 3 is 2.25 bits per heavy atom. The van der Waals surface area contributed by atoms with E-state index in [-0.39, 0.29) is 11.3 Å². The topological polar surface area (TPSA) is 81.2 Å². The molecule has 1 atom stereocenters. The summed E-state index contributed by atoms with van der Waals surface area (Å²) in [5, 5.41) is 14.9. The molecule has 6 rings (SSSR count). The normalized spacial score (nSPS) is 14.4. The van der Waals surface area contributed by atoms with Gasteiger partial charge in [-0.3, -0.25) is 13.9 Å². The second-order valence-electron chi connectivity index (χ2n) is 9.45. The van der Waals surface area contributed by atoms with Gasteiger partial charge in [0.1, 0.15) is 5.75 Å². The molecule has 2 aromatic heterocycles. The number of aromatic hydroxyl groups is 1. The lowest BCUT2D eigenvalue weighted by Gasteiger charge is -2.32. The molecule has 180 valence electrons. The van der Waals surface area contributed by atoms with Crippen molar-refractivity contribution in [2.75, 3.05) is 5.32 Å². The van der Waals surface area contributed by atoms with Gasteiger partial charge >= 0.3 is 5.69 Å². The van der Waals surface area contributed by atoms with Crippen LogP contribution in [0.2, 0.25) is 0 Å². The highest BCUT2D eigenvalue weighted by atomic mass is 16.3. The molecule has 2 N–H and O–H groups in total. The van der Waals surface area contributed by atoms with Crippen molar-refractivity contribution in [2.24, 2.45) is 14.1 Å². The van der Waals surface area contributed by atoms with Gasteiger partial charge in [-0.1, -0.05) is 48.5 Å². The van der Waals surface area contributed by atoms with Gasteiger partial charge in [0, 0.05) is 19.7 Å². The van der Waals surface area contributed by atoms with Crippen LogP contribution in [0, 0.1) is 13.8 Å². The van der Waals surface area contributed by atoms with E-state index in [1.54, 1.807) is 19.2 Å². The average molecular weight is 479 g/mol. The Balaban J connectivity index is 1.90. The molecule has 0 saturated carbocycles. The minimum atomic E-state index is -0.501. The van der Waals surface area contributed by atoms with E-state index in [4.69, 9.17) is 0 Å². The summed E-state index contributed by atoms with van der Waals surface area (Å²) in [6.07, 6.45) is 0. The summed E-state index contributed by atoms with van der Waals surface area (Å²) in [5.41, 5.74) is 6.80. The van der Waals surface area contributed by atoms with Gasteiger partial charge in [0.2, 0.25) is 0 Å². The molecule has 7 nitrogen and oxygen atoms in total. The number of aromatic nitrogens is 3. The molecule has 0 aliphatic carbocycles. The molecule has 0 radical (unpaired) electrons. The van der Waals surface area contributed by atoms with Crippen LogP contribution in [0.15, 0.2) is 76.3 Å². The quantitative estimate of drug-likeness (QED) is 0.391. The van der Waals surface area contributed by atoms with Gasteiger partial charge in [-0.15, -0.1) is 0 Å². The third-order valence-corrected chi connectivity index (χ3v) is 7.33. The minimum Gasteiger partial charge on any atom is -0.508 e. The van der Waals surface area contributed by atoms with E-state index in [0.717, 1.165) is 44.0 Å². The van der Waals surface area contributed by atoms with Crippen molar-refractivity contribution in [1.29, 1.82) is 0 Å². The number of phenolic OH excluding ortho intramolecular Hbond substituents is 1. The summed E-state index contributed by atoms with van der Waals surface area (Å²) in [7, 11) is 3.20. The van der Waals surface area contributed by atoms with Gasteiger partial charge < -0.3 is 15.0 Å². The maximum Gasteiger partial charge on any atom is 0.331 e. The fraction of sp³-hybridized carbons (Fsp3) is 0.172. The predicted molar refractivity (Wildman–Crippen MR) is 142 cm³/mol. The first-order chi connectivity index (χ1) is 17.3. The molecule has 36 heavy (non-hydrogen) atoms. The number of benzene rings is 3. The molecular weight excluding hydrogens is 452 g/mol. The molecule has 0 unspecified atom stereocenters. The average Bonchev–Trinajstić information content (AvgIpc) is 3.24. The number of nitrogens with one attached hydrogen (secondary N) is 1. The van der Waals surface area contributed by atoms with Crippen LogP contribution >= 0.6 is 0 Å². The third kappa shape index (κ3) is 2.92. The maximum atomic E-state index is 13.7. The van der Waals surface area contributed by atoms with Crippen molar-refractivity contribution in [3.8, 4) is 22.7 Å². The molecule has 1 aliphatic heterocycles. The molecule has 0 bridgehead atoms. The van der Waals surface area contributed by atoms with E-state index < -0.39 is 11.7 Å². The Kier molecular flexibility index (Phi) is 4.73. The van der Waals surface area contributed by atoms with E-state index >= 15 is 0 Å². The van der Waals surface area contributed by atoms with Crippen LogP contribution in [0.25, 0.3) is 27.8 Å². The predicted octanol–water partition coefficient (Wildman–Crippen LogP) is 4.53. The first-order valence-corrected chi connectivity index (χ1v) is 11.9. The Morgan fingerprint density at radius 2 is 1.53 bits per heavy atom. The van der Waals surface area contributed by atoms with Crippen molar-refractivity contribution in [3.63, 3.8) is 0 Å². The van der Waals surface area contributed by atoms with Crippen molar-refractivity contribution in [3.05, 3.63) is 110 Å². The Labute approximate surface area is 207 Å². The zero-order chi connectivity index (χ0) is 25.3. The first kappa shape index (κ1) is 22.0. The van der Waals surface area contributed by atoms with Crippen LogP contribution < -0.4 is 16.6 Å². The molecule has 0 amide bonds. The molecule has 5 aromatic rings. The summed E-state index contributed by atoms with van der Waals surface area (Å²) in [6.45, 7) is 4.12. The van der Waals surface area contributed by atoms with Crippen LogP contribution in [0.3, 0.4) is 0 Å². The number of rotatable bonds is 2. The Bertz CT molecular complexity index is 1810. The third-order valence-electron chi connectivity index (χ3n) is 7.33. The van der Waals surface area contributed by atoms with Crippen molar-refractivity contribution in [1.82, 2.24) is 13.7 Å². The molecule has 1 aliphatic rings. The van der Waals surface area contributed by atoms with E-state index in [1.807, 2.05) is 42.5 Å². The maximum absolute atomic E-state index is 13.7.